The van der Waals surface area contributed by atoms with E-state index in [0.717, 1.165) is 42.9 Å². The zero-order valence-corrected chi connectivity index (χ0v) is 14.1. The normalized spacial score (nSPS) is 20.4. The number of fused-ring (bicyclic) bond motifs is 1. The predicted octanol–water partition coefficient (Wildman–Crippen LogP) is 0.762. The van der Waals surface area contributed by atoms with Gasteiger partial charge in [0.05, 0.1) is 0 Å². The molecule has 0 N–H and O–H groups in total. The summed E-state index contributed by atoms with van der Waals surface area (Å²) in [5.41, 5.74) is 3.08. The van der Waals surface area contributed by atoms with E-state index < -0.39 is 0 Å². The van der Waals surface area contributed by atoms with Crippen molar-refractivity contribution in [2.24, 2.45) is 7.05 Å². The van der Waals surface area contributed by atoms with Gasteiger partial charge in [0.1, 0.15) is 18.1 Å². The van der Waals surface area contributed by atoms with Crippen molar-refractivity contribution in [1.82, 2.24) is 29.4 Å². The monoisotopic (exact) mass is 330 g/mol. The van der Waals surface area contributed by atoms with Gasteiger partial charge in [-0.05, 0) is 19.8 Å². The number of amides is 1. The predicted molar refractivity (Wildman–Crippen MR) is 86.0 cm³/mol. The first kappa shape index (κ1) is 15.3. The van der Waals surface area contributed by atoms with Gasteiger partial charge in [0.25, 0.3) is 5.91 Å². The van der Waals surface area contributed by atoms with Crippen molar-refractivity contribution in [3.63, 3.8) is 0 Å². The molecule has 128 valence electrons. The number of aromatic nitrogens is 5. The number of ether oxygens (including phenoxy) is 1. The van der Waals surface area contributed by atoms with Gasteiger partial charge < -0.3 is 14.2 Å². The van der Waals surface area contributed by atoms with Crippen molar-refractivity contribution in [3.05, 3.63) is 17.6 Å². The lowest BCUT2D eigenvalue weighted by Gasteiger charge is -2.29. The van der Waals surface area contributed by atoms with Crippen LogP contribution in [0.15, 0.2) is 6.33 Å². The van der Waals surface area contributed by atoms with Crippen molar-refractivity contribution in [1.29, 1.82) is 0 Å². The summed E-state index contributed by atoms with van der Waals surface area (Å²) in [6, 6.07) is 0. The van der Waals surface area contributed by atoms with Crippen LogP contribution in [-0.4, -0.2) is 54.6 Å². The molecule has 1 saturated heterocycles. The molecule has 2 aliphatic heterocycles. The quantitative estimate of drug-likeness (QED) is 0.830. The molecule has 4 rings (SSSR count). The lowest BCUT2D eigenvalue weighted by molar-refractivity contribution is -0.141. The average molecular weight is 330 g/mol. The van der Waals surface area contributed by atoms with Crippen LogP contribution in [-0.2, 0) is 36.1 Å². The third-order valence-corrected chi connectivity index (χ3v) is 4.93. The summed E-state index contributed by atoms with van der Waals surface area (Å²) in [5.74, 6) is 0.866. The first-order chi connectivity index (χ1) is 11.7. The summed E-state index contributed by atoms with van der Waals surface area (Å²) in [6.45, 7) is 4.80. The van der Waals surface area contributed by atoms with Crippen molar-refractivity contribution < 1.29 is 9.53 Å². The molecule has 2 aromatic heterocycles. The van der Waals surface area contributed by atoms with E-state index in [1.54, 1.807) is 6.33 Å². The molecule has 0 saturated carbocycles. The highest BCUT2D eigenvalue weighted by Crippen LogP contribution is 2.29. The molecule has 8 heteroatoms. The molecule has 0 spiro atoms. The molecule has 1 amide bonds. The molecule has 1 atom stereocenters. The highest BCUT2D eigenvalue weighted by Gasteiger charge is 2.33. The summed E-state index contributed by atoms with van der Waals surface area (Å²) in [4.78, 5) is 14.6. The second kappa shape index (κ2) is 6.01. The number of nitrogens with zero attached hydrogens (tertiary/aromatic N) is 6. The highest BCUT2D eigenvalue weighted by atomic mass is 16.5. The first-order valence-corrected chi connectivity index (χ1v) is 8.52. The maximum absolute atomic E-state index is 12.7. The molecule has 0 radical (unpaired) electrons. The van der Waals surface area contributed by atoms with Crippen molar-refractivity contribution in [3.8, 4) is 11.5 Å². The molecule has 2 aliphatic rings. The Hall–Kier alpha value is -2.22. The van der Waals surface area contributed by atoms with Crippen molar-refractivity contribution >= 4 is 5.91 Å². The Labute approximate surface area is 140 Å². The van der Waals surface area contributed by atoms with Crippen LogP contribution in [0.1, 0.15) is 31.0 Å². The third kappa shape index (κ3) is 2.41. The molecule has 0 aliphatic carbocycles. The van der Waals surface area contributed by atoms with E-state index in [4.69, 9.17) is 4.74 Å². The Bertz CT molecular complexity index is 759. The van der Waals surface area contributed by atoms with Crippen LogP contribution in [0.2, 0.25) is 0 Å². The molecule has 0 bridgehead atoms. The maximum atomic E-state index is 12.7. The van der Waals surface area contributed by atoms with Crippen LogP contribution < -0.4 is 0 Å². The summed E-state index contributed by atoms with van der Waals surface area (Å²) >= 11 is 0. The van der Waals surface area contributed by atoms with E-state index >= 15 is 0 Å². The molecule has 0 aromatic carbocycles. The number of aryl methyl sites for hydroxylation is 2. The lowest BCUT2D eigenvalue weighted by Crippen LogP contribution is -2.42. The number of hydrogen-bond acceptors (Lipinski definition) is 5. The smallest absolute Gasteiger partial charge is 0.252 e. The molecular weight excluding hydrogens is 308 g/mol. The van der Waals surface area contributed by atoms with Crippen LogP contribution in [0.5, 0.6) is 0 Å². The SMILES string of the molecule is CCn1cnnc1-c1nn(C)c2c1CN(C(=O)C1CCCO1)CC2. The van der Waals surface area contributed by atoms with E-state index in [9.17, 15) is 4.79 Å². The molecule has 1 fully saturated rings. The van der Waals surface area contributed by atoms with Gasteiger partial charge >= 0.3 is 0 Å². The van der Waals surface area contributed by atoms with Crippen LogP contribution >= 0.6 is 0 Å². The molecule has 1 unspecified atom stereocenters. The van der Waals surface area contributed by atoms with Crippen LogP contribution in [0, 0.1) is 0 Å². The van der Waals surface area contributed by atoms with E-state index in [0.29, 0.717) is 19.7 Å². The zero-order chi connectivity index (χ0) is 16.7. The Morgan fingerprint density at radius 3 is 3.08 bits per heavy atom. The van der Waals surface area contributed by atoms with Gasteiger partial charge in [0.15, 0.2) is 5.82 Å². The lowest BCUT2D eigenvalue weighted by atomic mass is 10.0. The highest BCUT2D eigenvalue weighted by molar-refractivity contribution is 5.81. The van der Waals surface area contributed by atoms with Crippen molar-refractivity contribution in [2.75, 3.05) is 13.2 Å². The third-order valence-electron chi connectivity index (χ3n) is 4.93. The Morgan fingerprint density at radius 2 is 2.33 bits per heavy atom. The number of carbonyl (C=O) groups excluding carboxylic acids is 1. The fourth-order valence-corrected chi connectivity index (χ4v) is 3.61. The molecule has 2 aromatic rings. The zero-order valence-electron chi connectivity index (χ0n) is 14.1. The Morgan fingerprint density at radius 1 is 1.46 bits per heavy atom. The first-order valence-electron chi connectivity index (χ1n) is 8.52. The number of carbonyl (C=O) groups is 1. The van der Waals surface area contributed by atoms with Gasteiger partial charge in [-0.25, -0.2) is 0 Å². The molecule has 8 nitrogen and oxygen atoms in total. The van der Waals surface area contributed by atoms with E-state index in [-0.39, 0.29) is 12.0 Å². The Balaban J connectivity index is 1.66. The van der Waals surface area contributed by atoms with Gasteiger partial charge in [-0.1, -0.05) is 0 Å². The number of hydrogen-bond donors (Lipinski definition) is 0. The fourth-order valence-electron chi connectivity index (χ4n) is 3.61. The van der Waals surface area contributed by atoms with Crippen LogP contribution in [0.3, 0.4) is 0 Å². The summed E-state index contributed by atoms with van der Waals surface area (Å²) in [7, 11) is 1.95. The Kier molecular flexibility index (Phi) is 3.84. The standard InChI is InChI=1S/C16H22N6O2/c1-3-21-10-17-18-15(21)14-11-9-22(7-6-12(11)20(2)19-14)16(23)13-5-4-8-24-13/h10,13H,3-9H2,1-2H3. The topological polar surface area (TPSA) is 78.1 Å². The van der Waals surface area contributed by atoms with E-state index in [1.807, 2.05) is 21.2 Å². The van der Waals surface area contributed by atoms with Gasteiger partial charge in [-0.3, -0.25) is 9.48 Å². The minimum Gasteiger partial charge on any atom is -0.368 e. The second-order valence-electron chi connectivity index (χ2n) is 6.35. The maximum Gasteiger partial charge on any atom is 0.252 e. The number of rotatable bonds is 3. The summed E-state index contributed by atoms with van der Waals surface area (Å²) in [6.07, 6.45) is 4.04. The van der Waals surface area contributed by atoms with Crippen molar-refractivity contribution in [2.45, 2.75) is 45.4 Å². The van der Waals surface area contributed by atoms with Gasteiger partial charge in [0.2, 0.25) is 0 Å². The van der Waals surface area contributed by atoms with Gasteiger partial charge in [-0.2, -0.15) is 5.10 Å². The molecule has 4 heterocycles. The summed E-state index contributed by atoms with van der Waals surface area (Å²) < 4.78 is 9.45. The molecule has 24 heavy (non-hydrogen) atoms. The van der Waals surface area contributed by atoms with E-state index in [2.05, 4.69) is 22.2 Å². The van der Waals surface area contributed by atoms with Gasteiger partial charge in [-0.15, -0.1) is 10.2 Å². The van der Waals surface area contributed by atoms with E-state index in [1.165, 1.54) is 5.69 Å². The summed E-state index contributed by atoms with van der Waals surface area (Å²) in [5, 5.41) is 12.9. The van der Waals surface area contributed by atoms with Crippen LogP contribution in [0.4, 0.5) is 0 Å². The largest absolute Gasteiger partial charge is 0.368 e. The second-order valence-corrected chi connectivity index (χ2v) is 6.35. The fraction of sp³-hybridized carbons (Fsp3) is 0.625. The minimum absolute atomic E-state index is 0.102. The van der Waals surface area contributed by atoms with Gasteiger partial charge in [0, 0.05) is 51.0 Å². The average Bonchev–Trinajstić information content (AvgIpc) is 3.33. The minimum atomic E-state index is -0.272. The van der Waals surface area contributed by atoms with Crippen LogP contribution in [0.25, 0.3) is 11.5 Å². The molecular formula is C16H22N6O2.